The molecular formula is C22H29ClN6O. The fourth-order valence-corrected chi connectivity index (χ4v) is 3.78. The largest absolute Gasteiger partial charge is 0.396 e. The molecule has 3 heterocycles. The molecule has 0 bridgehead atoms. The first-order valence-corrected chi connectivity index (χ1v) is 10.1. The Morgan fingerprint density at radius 3 is 2.33 bits per heavy atom. The van der Waals surface area contributed by atoms with Crippen molar-refractivity contribution in [3.63, 3.8) is 0 Å². The van der Waals surface area contributed by atoms with Crippen LogP contribution in [0.1, 0.15) is 16.8 Å². The topological polar surface area (TPSA) is 70.3 Å². The Bertz CT molecular complexity index is 951. The van der Waals surface area contributed by atoms with Crippen molar-refractivity contribution in [1.82, 2.24) is 24.6 Å². The van der Waals surface area contributed by atoms with Gasteiger partial charge in [0.25, 0.3) is 0 Å². The molecule has 30 heavy (non-hydrogen) atoms. The minimum atomic E-state index is 0. The summed E-state index contributed by atoms with van der Waals surface area (Å²) in [6, 6.07) is 8.25. The second-order valence-electron chi connectivity index (χ2n) is 7.54. The molecule has 8 heteroatoms. The average molecular weight is 429 g/mol. The first-order valence-electron chi connectivity index (χ1n) is 10.1. The highest BCUT2D eigenvalue weighted by Crippen LogP contribution is 2.28. The normalized spacial score (nSPS) is 14.6. The van der Waals surface area contributed by atoms with Crippen LogP contribution in [0.4, 0.5) is 5.82 Å². The first-order chi connectivity index (χ1) is 14.2. The van der Waals surface area contributed by atoms with Gasteiger partial charge in [-0.3, -0.25) is 14.6 Å². The lowest BCUT2D eigenvalue weighted by Gasteiger charge is -2.35. The van der Waals surface area contributed by atoms with Gasteiger partial charge in [0.05, 0.1) is 6.20 Å². The second-order valence-corrected chi connectivity index (χ2v) is 7.54. The van der Waals surface area contributed by atoms with Gasteiger partial charge in [-0.05, 0) is 18.9 Å². The number of aromatic nitrogens is 4. The molecule has 0 spiro atoms. The van der Waals surface area contributed by atoms with Gasteiger partial charge in [-0.15, -0.1) is 12.4 Å². The molecule has 160 valence electrons. The number of rotatable bonds is 6. The summed E-state index contributed by atoms with van der Waals surface area (Å²) in [5.41, 5.74) is 5.63. The van der Waals surface area contributed by atoms with E-state index in [1.54, 1.807) is 12.4 Å². The van der Waals surface area contributed by atoms with Crippen LogP contribution in [0.15, 0.2) is 42.9 Å². The van der Waals surface area contributed by atoms with E-state index in [4.69, 9.17) is 5.11 Å². The number of halogens is 1. The second kappa shape index (κ2) is 10.0. The first kappa shape index (κ1) is 22.2. The predicted molar refractivity (Wildman–Crippen MR) is 121 cm³/mol. The Balaban J connectivity index is 0.00000256. The van der Waals surface area contributed by atoms with Crippen molar-refractivity contribution in [2.75, 3.05) is 37.7 Å². The zero-order chi connectivity index (χ0) is 20.2. The summed E-state index contributed by atoms with van der Waals surface area (Å²) in [7, 11) is 1.99. The maximum absolute atomic E-state index is 9.11. The molecule has 0 aliphatic carbocycles. The molecule has 1 aliphatic rings. The molecule has 0 unspecified atom stereocenters. The maximum atomic E-state index is 9.11. The molecule has 1 aromatic carbocycles. The molecule has 2 aromatic heterocycles. The molecule has 1 aliphatic heterocycles. The molecule has 7 nitrogen and oxygen atoms in total. The van der Waals surface area contributed by atoms with Crippen LogP contribution in [0.25, 0.3) is 11.3 Å². The van der Waals surface area contributed by atoms with E-state index in [9.17, 15) is 0 Å². The summed E-state index contributed by atoms with van der Waals surface area (Å²) in [6.45, 7) is 7.04. The Morgan fingerprint density at radius 2 is 1.70 bits per heavy atom. The minimum Gasteiger partial charge on any atom is -0.396 e. The van der Waals surface area contributed by atoms with Crippen molar-refractivity contribution < 1.29 is 5.11 Å². The number of hydrogen-bond donors (Lipinski definition) is 1. The highest BCUT2D eigenvalue weighted by molar-refractivity contribution is 5.85. The zero-order valence-corrected chi connectivity index (χ0v) is 18.3. The quantitative estimate of drug-likeness (QED) is 0.650. The summed E-state index contributed by atoms with van der Waals surface area (Å²) in [4.78, 5) is 14.1. The molecular weight excluding hydrogens is 400 g/mol. The van der Waals surface area contributed by atoms with E-state index < -0.39 is 0 Å². The maximum Gasteiger partial charge on any atom is 0.155 e. The Kier molecular flexibility index (Phi) is 7.42. The molecule has 1 N–H and O–H groups in total. The van der Waals surface area contributed by atoms with E-state index >= 15 is 0 Å². The van der Waals surface area contributed by atoms with E-state index in [-0.39, 0.29) is 19.0 Å². The molecule has 0 amide bonds. The summed E-state index contributed by atoms with van der Waals surface area (Å²) in [5.74, 6) is 0.944. The molecule has 4 rings (SSSR count). The summed E-state index contributed by atoms with van der Waals surface area (Å²) >= 11 is 0. The molecule has 1 saturated heterocycles. The van der Waals surface area contributed by atoms with Crippen LogP contribution >= 0.6 is 12.4 Å². The van der Waals surface area contributed by atoms with Crippen molar-refractivity contribution in [2.45, 2.75) is 19.9 Å². The van der Waals surface area contributed by atoms with Crippen LogP contribution in [0.5, 0.6) is 0 Å². The number of hydrogen-bond acceptors (Lipinski definition) is 6. The minimum absolute atomic E-state index is 0. The fourth-order valence-electron chi connectivity index (χ4n) is 3.78. The Hall–Kier alpha value is -2.48. The number of benzene rings is 1. The van der Waals surface area contributed by atoms with Gasteiger partial charge >= 0.3 is 0 Å². The number of nitrogens with zero attached hydrogens (tertiary/aromatic N) is 6. The summed E-state index contributed by atoms with van der Waals surface area (Å²) < 4.78 is 1.93. The van der Waals surface area contributed by atoms with E-state index in [1.165, 1.54) is 11.3 Å². The Labute approximate surface area is 183 Å². The van der Waals surface area contributed by atoms with Crippen LogP contribution in [-0.4, -0.2) is 62.5 Å². The lowest BCUT2D eigenvalue weighted by molar-refractivity contribution is 0.249. The highest BCUT2D eigenvalue weighted by Gasteiger charge is 2.22. The van der Waals surface area contributed by atoms with Crippen molar-refractivity contribution in [3.8, 4) is 11.3 Å². The number of anilines is 1. The Morgan fingerprint density at radius 1 is 1.00 bits per heavy atom. The van der Waals surface area contributed by atoms with Crippen molar-refractivity contribution in [2.24, 2.45) is 7.05 Å². The predicted octanol–water partition coefficient (Wildman–Crippen LogP) is 2.46. The molecule has 1 fully saturated rings. The highest BCUT2D eigenvalue weighted by atomic mass is 35.5. The van der Waals surface area contributed by atoms with Gasteiger partial charge in [0.1, 0.15) is 5.69 Å². The number of aliphatic hydroxyl groups is 1. The van der Waals surface area contributed by atoms with Gasteiger partial charge < -0.3 is 10.0 Å². The smallest absolute Gasteiger partial charge is 0.155 e. The molecule has 0 saturated carbocycles. The third-order valence-electron chi connectivity index (χ3n) is 5.71. The van der Waals surface area contributed by atoms with Crippen molar-refractivity contribution in [1.29, 1.82) is 0 Å². The molecule has 3 aromatic rings. The monoisotopic (exact) mass is 428 g/mol. The third kappa shape index (κ3) is 4.80. The fraction of sp³-hybridized carbons (Fsp3) is 0.409. The van der Waals surface area contributed by atoms with Crippen LogP contribution in [-0.2, 0) is 20.0 Å². The standard InChI is InChI=1S/C22H28N6O.ClH/c1-17-20(15-25-26(17)2)16-27-10-12-28(13-11-27)22-21(23-8-9-24-22)19-5-3-18(4-6-19)7-14-29;/h3-6,8-9,15,29H,7,10-14,16H2,1-2H3;1H. The zero-order valence-electron chi connectivity index (χ0n) is 17.5. The third-order valence-corrected chi connectivity index (χ3v) is 5.71. The van der Waals surface area contributed by atoms with E-state index in [1.807, 2.05) is 17.9 Å². The van der Waals surface area contributed by atoms with E-state index in [0.717, 1.165) is 55.4 Å². The lowest BCUT2D eigenvalue weighted by atomic mass is 10.1. The van der Waals surface area contributed by atoms with Gasteiger partial charge in [-0.25, -0.2) is 4.98 Å². The van der Waals surface area contributed by atoms with Crippen molar-refractivity contribution >= 4 is 18.2 Å². The SMILES string of the molecule is Cc1c(CN2CCN(c3nccnc3-c3ccc(CCO)cc3)CC2)cnn1C.Cl. The number of aliphatic hydroxyl groups excluding tert-OH is 1. The van der Waals surface area contributed by atoms with Gasteiger partial charge in [-0.2, -0.15) is 5.10 Å². The summed E-state index contributed by atoms with van der Waals surface area (Å²) in [5, 5.41) is 13.5. The van der Waals surface area contributed by atoms with Gasteiger partial charge in [0.15, 0.2) is 5.82 Å². The summed E-state index contributed by atoms with van der Waals surface area (Å²) in [6.07, 6.45) is 6.17. The van der Waals surface area contributed by atoms with Crippen LogP contribution in [0.2, 0.25) is 0 Å². The molecule has 0 radical (unpaired) electrons. The van der Waals surface area contributed by atoms with Crippen molar-refractivity contribution in [3.05, 3.63) is 59.7 Å². The van der Waals surface area contributed by atoms with Crippen LogP contribution in [0.3, 0.4) is 0 Å². The lowest BCUT2D eigenvalue weighted by Crippen LogP contribution is -2.46. The number of aryl methyl sites for hydroxylation is 1. The van der Waals surface area contributed by atoms with Gasteiger partial charge in [0.2, 0.25) is 0 Å². The molecule has 0 atom stereocenters. The van der Waals surface area contributed by atoms with Gasteiger partial charge in [-0.1, -0.05) is 24.3 Å². The van der Waals surface area contributed by atoms with E-state index in [0.29, 0.717) is 6.42 Å². The van der Waals surface area contributed by atoms with E-state index in [2.05, 4.69) is 56.1 Å². The van der Waals surface area contributed by atoms with Crippen LogP contribution in [0, 0.1) is 6.92 Å². The van der Waals surface area contributed by atoms with Crippen LogP contribution < -0.4 is 4.90 Å². The number of piperazine rings is 1. The average Bonchev–Trinajstić information content (AvgIpc) is 3.07. The van der Waals surface area contributed by atoms with Gasteiger partial charge in [0, 0.05) is 75.6 Å².